The number of esters is 3. The van der Waals surface area contributed by atoms with Crippen LogP contribution in [0.1, 0.15) is 71.3 Å². The van der Waals surface area contributed by atoms with E-state index in [1.54, 1.807) is 140 Å². The van der Waals surface area contributed by atoms with Gasteiger partial charge >= 0.3 is 30.2 Å². The maximum atomic E-state index is 12.3. The van der Waals surface area contributed by atoms with Gasteiger partial charge in [-0.1, -0.05) is 37.9 Å². The number of hydrogen-bond donors (Lipinski definition) is 0. The molecule has 0 bridgehead atoms. The molecule has 0 saturated heterocycles. The Balaban J connectivity index is 0.000000166. The van der Waals surface area contributed by atoms with Crippen LogP contribution >= 0.6 is 0 Å². The summed E-state index contributed by atoms with van der Waals surface area (Å²) in [5.41, 5.74) is 1.83. The van der Waals surface area contributed by atoms with Crippen molar-refractivity contribution >= 4 is 36.3 Å². The van der Waals surface area contributed by atoms with Crippen LogP contribution in [0.25, 0.3) is 6.08 Å². The average molecular weight is 1040 g/mol. The largest absolute Gasteiger partial charge is 0.519 e. The van der Waals surface area contributed by atoms with E-state index in [0.717, 1.165) is 5.56 Å². The molecule has 6 aromatic rings. The van der Waals surface area contributed by atoms with Gasteiger partial charge in [-0.3, -0.25) is 0 Å². The van der Waals surface area contributed by atoms with E-state index < -0.39 is 47.6 Å². The normalized spacial score (nSPS) is 13.8. The summed E-state index contributed by atoms with van der Waals surface area (Å²) in [6, 6.07) is 33.5. The Kier molecular flexibility index (Phi) is 16.1. The highest BCUT2D eigenvalue weighted by molar-refractivity contribution is 5.92. The van der Waals surface area contributed by atoms with Gasteiger partial charge in [0.1, 0.15) is 40.2 Å². The summed E-state index contributed by atoms with van der Waals surface area (Å²) in [6.07, 6.45) is -0.0368. The van der Waals surface area contributed by atoms with Gasteiger partial charge in [0.05, 0.1) is 5.56 Å². The van der Waals surface area contributed by atoms with Gasteiger partial charge in [0, 0.05) is 70.9 Å². The average Bonchev–Trinajstić information content (AvgIpc) is 3.97. The first-order valence-electron chi connectivity index (χ1n) is 23.2. The molecule has 0 saturated carbocycles. The Bertz CT molecular complexity index is 3210. The minimum atomic E-state index is -0.917. The van der Waals surface area contributed by atoms with E-state index in [9.17, 15) is 24.0 Å². The summed E-state index contributed by atoms with van der Waals surface area (Å²) in [4.78, 5) is 59.0. The number of carbonyl (C=O) groups excluding carboxylic acids is 5. The van der Waals surface area contributed by atoms with Crippen molar-refractivity contribution in [1.82, 2.24) is 0 Å². The summed E-state index contributed by atoms with van der Waals surface area (Å²) in [5, 5.41) is 0. The monoisotopic (exact) mass is 1040 g/mol. The van der Waals surface area contributed by atoms with Crippen molar-refractivity contribution in [2.24, 2.45) is 0 Å². The molecule has 392 valence electrons. The first-order valence-corrected chi connectivity index (χ1v) is 23.2. The van der Waals surface area contributed by atoms with Gasteiger partial charge in [0.2, 0.25) is 17.4 Å². The van der Waals surface area contributed by atoms with Crippen molar-refractivity contribution in [1.29, 1.82) is 0 Å². The van der Waals surface area contributed by atoms with Crippen molar-refractivity contribution in [3.05, 3.63) is 169 Å². The molecule has 0 amide bonds. The SMILES string of the molecule is C=C(C)C(=O)Oc1ccc(C(=O)Oc2ccc3c(c2)OC(C)(C)O3)cc1.C=C(C)C(=O)Oc1ccc(OC(=O)Oc2ccc3c(c2)OC(C)(C)O3)cc1.C=Cc1ccc(OC(=O)Oc2ccc3c(c2)OC(C)(C)O3)cc1. The van der Waals surface area contributed by atoms with Crippen LogP contribution in [0.4, 0.5) is 9.59 Å². The molecular formula is C58H52O18. The van der Waals surface area contributed by atoms with Crippen LogP contribution in [0, 0.1) is 0 Å². The quantitative estimate of drug-likeness (QED) is 0.0512. The van der Waals surface area contributed by atoms with Gasteiger partial charge < -0.3 is 61.6 Å². The molecule has 76 heavy (non-hydrogen) atoms. The molecule has 3 aliphatic heterocycles. The standard InChI is InChI=1S/C20H18O7.C20H18O6.C18H16O5/c1-12(2)18(21)23-13-5-7-14(8-6-13)24-19(22)25-15-9-10-16-17(11-15)27-20(3,4)26-16;1-12(2)18(21)23-14-7-5-13(6-8-14)19(22)24-15-9-10-16-17(11-15)26-20(3,4)25-16;1-4-12-5-7-13(8-6-12)20-17(19)21-14-9-10-15-16(11-14)23-18(2,3)22-15/h5-11H,1H2,2-4H3;5-11H,1H2,2-4H3;4-11H,1H2,2-3H3. The maximum absolute atomic E-state index is 12.3. The Morgan fingerprint density at radius 2 is 0.658 bits per heavy atom. The lowest BCUT2D eigenvalue weighted by Gasteiger charge is -2.16. The molecule has 3 aliphatic rings. The van der Waals surface area contributed by atoms with Crippen molar-refractivity contribution in [2.45, 2.75) is 72.8 Å². The third kappa shape index (κ3) is 14.9. The number of benzene rings is 6. The highest BCUT2D eigenvalue weighted by Crippen LogP contribution is 2.43. The van der Waals surface area contributed by atoms with Crippen LogP contribution in [-0.4, -0.2) is 47.6 Å². The molecule has 0 unspecified atom stereocenters. The Morgan fingerprint density at radius 3 is 1.00 bits per heavy atom. The second kappa shape index (κ2) is 22.6. The van der Waals surface area contributed by atoms with Crippen LogP contribution < -0.4 is 61.6 Å². The number of ether oxygens (including phenoxy) is 13. The Labute approximate surface area is 437 Å². The molecule has 0 aromatic heterocycles. The smallest absolute Gasteiger partial charge is 0.449 e. The number of rotatable bonds is 11. The molecule has 9 rings (SSSR count). The van der Waals surface area contributed by atoms with Gasteiger partial charge in [-0.2, -0.15) is 0 Å². The van der Waals surface area contributed by atoms with Crippen molar-refractivity contribution < 1.29 is 85.6 Å². The van der Waals surface area contributed by atoms with Gasteiger partial charge in [-0.05, 0) is 116 Å². The van der Waals surface area contributed by atoms with Gasteiger partial charge in [-0.25, -0.2) is 24.0 Å². The van der Waals surface area contributed by atoms with Gasteiger partial charge in [0.25, 0.3) is 0 Å². The van der Waals surface area contributed by atoms with E-state index in [0.29, 0.717) is 74.4 Å². The highest BCUT2D eigenvalue weighted by atomic mass is 16.8. The number of hydrogen-bond acceptors (Lipinski definition) is 18. The Morgan fingerprint density at radius 1 is 0.382 bits per heavy atom. The van der Waals surface area contributed by atoms with Crippen molar-refractivity contribution in [3.8, 4) is 74.7 Å². The maximum Gasteiger partial charge on any atom is 0.519 e. The fourth-order valence-electron chi connectivity index (χ4n) is 6.69. The zero-order valence-electron chi connectivity index (χ0n) is 42.7. The Hall–Kier alpha value is -9.71. The third-order valence-electron chi connectivity index (χ3n) is 10.0. The summed E-state index contributed by atoms with van der Waals surface area (Å²) in [5.74, 6) is 1.62. The fraction of sp³-hybridized carbons (Fsp3) is 0.190. The van der Waals surface area contributed by atoms with Gasteiger partial charge in [-0.15, -0.1) is 0 Å². The van der Waals surface area contributed by atoms with Crippen LogP contribution in [0.15, 0.2) is 158 Å². The molecule has 0 radical (unpaired) electrons. The van der Waals surface area contributed by atoms with Gasteiger partial charge in [0.15, 0.2) is 34.5 Å². The predicted octanol–water partition coefficient (Wildman–Crippen LogP) is 12.6. The zero-order chi connectivity index (χ0) is 55.0. The van der Waals surface area contributed by atoms with Crippen LogP contribution in [0.5, 0.6) is 74.7 Å². The number of fused-ring (bicyclic) bond motifs is 3. The van der Waals surface area contributed by atoms with Crippen molar-refractivity contribution in [2.75, 3.05) is 0 Å². The first kappa shape index (κ1) is 54.1. The second-order valence-electron chi connectivity index (χ2n) is 18.0. The predicted molar refractivity (Wildman–Crippen MR) is 274 cm³/mol. The topological polar surface area (TPSA) is 205 Å². The lowest BCUT2D eigenvalue weighted by Crippen LogP contribution is -2.29. The summed E-state index contributed by atoms with van der Waals surface area (Å²) in [6.45, 7) is 24.5. The van der Waals surface area contributed by atoms with E-state index in [1.807, 2.05) is 0 Å². The van der Waals surface area contributed by atoms with E-state index in [-0.39, 0.29) is 17.1 Å². The highest BCUT2D eigenvalue weighted by Gasteiger charge is 2.34. The third-order valence-corrected chi connectivity index (χ3v) is 10.0. The fourth-order valence-corrected chi connectivity index (χ4v) is 6.69. The molecule has 6 aromatic carbocycles. The minimum Gasteiger partial charge on any atom is -0.449 e. The molecule has 18 nitrogen and oxygen atoms in total. The first-order chi connectivity index (χ1) is 35.9. The van der Waals surface area contributed by atoms with E-state index >= 15 is 0 Å². The molecule has 0 aliphatic carbocycles. The molecule has 3 heterocycles. The minimum absolute atomic E-state index is 0.233. The van der Waals surface area contributed by atoms with E-state index in [4.69, 9.17) is 61.6 Å². The molecule has 0 spiro atoms. The lowest BCUT2D eigenvalue weighted by atomic mass is 10.2. The molecule has 0 fully saturated rings. The molecule has 0 N–H and O–H groups in total. The molecule has 0 atom stereocenters. The second-order valence-corrected chi connectivity index (χ2v) is 18.0. The van der Waals surface area contributed by atoms with Crippen LogP contribution in [0.3, 0.4) is 0 Å². The summed E-state index contributed by atoms with van der Waals surface area (Å²) < 4.78 is 69.5. The van der Waals surface area contributed by atoms with Crippen molar-refractivity contribution in [3.63, 3.8) is 0 Å². The van der Waals surface area contributed by atoms with Crippen LogP contribution in [0.2, 0.25) is 0 Å². The van der Waals surface area contributed by atoms with E-state index in [2.05, 4.69) is 19.7 Å². The molecular weight excluding hydrogens is 985 g/mol. The lowest BCUT2D eigenvalue weighted by molar-refractivity contribution is -0.130. The summed E-state index contributed by atoms with van der Waals surface area (Å²) in [7, 11) is 0. The van der Waals surface area contributed by atoms with Crippen LogP contribution in [-0.2, 0) is 9.59 Å². The zero-order valence-corrected chi connectivity index (χ0v) is 42.7. The van der Waals surface area contributed by atoms with E-state index in [1.165, 1.54) is 48.5 Å². The number of carbonyl (C=O) groups is 5. The molecule has 18 heteroatoms. The summed E-state index contributed by atoms with van der Waals surface area (Å²) >= 11 is 0.